The van der Waals surface area contributed by atoms with Crippen LogP contribution < -0.4 is 5.32 Å². The van der Waals surface area contributed by atoms with E-state index in [1.165, 1.54) is 37.9 Å². The van der Waals surface area contributed by atoms with Gasteiger partial charge in [0.05, 0.1) is 0 Å². The highest BCUT2D eigenvalue weighted by molar-refractivity contribution is 8.00. The first kappa shape index (κ1) is 19.5. The Morgan fingerprint density at radius 3 is 2.73 bits per heavy atom. The number of aromatic nitrogens is 2. The third kappa shape index (κ3) is 4.72. The molecule has 0 bridgehead atoms. The van der Waals surface area contributed by atoms with Gasteiger partial charge in [0.2, 0.25) is 5.89 Å². The topological polar surface area (TPSA) is 66.5 Å². The smallest absolute Gasteiger partial charge is 0.232 e. The highest BCUT2D eigenvalue weighted by Gasteiger charge is 2.38. The fourth-order valence-electron chi connectivity index (χ4n) is 3.72. The number of hydrogen-bond donors (Lipinski definition) is 1. The van der Waals surface area contributed by atoms with Gasteiger partial charge in [-0.2, -0.15) is 16.7 Å². The lowest BCUT2D eigenvalue weighted by molar-refractivity contribution is 0.293. The molecular weight excluding hydrogens is 346 g/mol. The van der Waals surface area contributed by atoms with E-state index < -0.39 is 0 Å². The molecule has 1 aliphatic carbocycles. The molecule has 6 nitrogen and oxygen atoms in total. The Kier molecular flexibility index (Phi) is 6.15. The molecule has 1 saturated carbocycles. The van der Waals surface area contributed by atoms with Gasteiger partial charge in [-0.1, -0.05) is 45.2 Å². The van der Waals surface area contributed by atoms with Crippen molar-refractivity contribution in [1.29, 1.82) is 0 Å². The van der Waals surface area contributed by atoms with Crippen LogP contribution >= 0.6 is 11.8 Å². The first-order valence-corrected chi connectivity index (χ1v) is 10.9. The minimum absolute atomic E-state index is 0.128. The van der Waals surface area contributed by atoms with Crippen molar-refractivity contribution in [3.8, 4) is 0 Å². The van der Waals surface area contributed by atoms with Crippen molar-refractivity contribution in [2.75, 3.05) is 25.4 Å². The lowest BCUT2D eigenvalue weighted by Gasteiger charge is -2.45. The quantitative estimate of drug-likeness (QED) is 0.639. The van der Waals surface area contributed by atoms with Crippen LogP contribution in [-0.2, 0) is 12.0 Å². The Bertz CT molecular complexity index is 610. The number of aliphatic imine (C=N–C) groups is 1. The van der Waals surface area contributed by atoms with E-state index in [2.05, 4.69) is 59.8 Å². The number of nitrogens with zero attached hydrogens (tertiary/aromatic N) is 4. The number of rotatable bonds is 3. The van der Waals surface area contributed by atoms with Gasteiger partial charge in [0.25, 0.3) is 0 Å². The van der Waals surface area contributed by atoms with Gasteiger partial charge in [-0.3, -0.25) is 0 Å². The van der Waals surface area contributed by atoms with Crippen LogP contribution in [0.4, 0.5) is 0 Å². The van der Waals surface area contributed by atoms with Gasteiger partial charge in [-0.15, -0.1) is 0 Å². The average Bonchev–Trinajstić information content (AvgIpc) is 3.09. The second-order valence-electron chi connectivity index (χ2n) is 8.45. The molecule has 2 heterocycles. The molecule has 7 heteroatoms. The summed E-state index contributed by atoms with van der Waals surface area (Å²) in [5.41, 5.74) is -0.128. The van der Waals surface area contributed by atoms with Gasteiger partial charge < -0.3 is 14.7 Å². The molecule has 2 aliphatic rings. The summed E-state index contributed by atoms with van der Waals surface area (Å²) >= 11 is 2.18. The van der Waals surface area contributed by atoms with Gasteiger partial charge in [0.15, 0.2) is 11.8 Å². The van der Waals surface area contributed by atoms with Crippen molar-refractivity contribution in [1.82, 2.24) is 20.4 Å². The van der Waals surface area contributed by atoms with E-state index in [-0.39, 0.29) is 5.41 Å². The third-order valence-corrected chi connectivity index (χ3v) is 6.66. The maximum Gasteiger partial charge on any atom is 0.232 e. The first-order valence-electron chi connectivity index (χ1n) is 9.92. The molecule has 0 amide bonds. The minimum Gasteiger partial charge on any atom is -0.357 e. The van der Waals surface area contributed by atoms with E-state index in [1.807, 2.05) is 0 Å². The van der Waals surface area contributed by atoms with Crippen molar-refractivity contribution in [3.63, 3.8) is 0 Å². The summed E-state index contributed by atoms with van der Waals surface area (Å²) in [7, 11) is 0. The fraction of sp³-hybridized carbons (Fsp3) is 0.842. The summed E-state index contributed by atoms with van der Waals surface area (Å²) in [6.07, 6.45) is 6.81. The molecule has 0 unspecified atom stereocenters. The minimum atomic E-state index is -0.128. The summed E-state index contributed by atoms with van der Waals surface area (Å²) in [6, 6.07) is 0. The molecule has 0 atom stereocenters. The van der Waals surface area contributed by atoms with Crippen LogP contribution in [-0.4, -0.2) is 51.1 Å². The largest absolute Gasteiger partial charge is 0.357 e. The zero-order valence-corrected chi connectivity index (χ0v) is 17.5. The Morgan fingerprint density at radius 1 is 1.31 bits per heavy atom. The first-order chi connectivity index (χ1) is 12.4. The number of hydrogen-bond acceptors (Lipinski definition) is 5. The molecule has 1 aromatic heterocycles. The molecule has 0 aromatic carbocycles. The number of nitrogens with one attached hydrogen (secondary N) is 1. The second-order valence-corrected chi connectivity index (χ2v) is 10.0. The Labute approximate surface area is 161 Å². The van der Waals surface area contributed by atoms with Crippen LogP contribution in [0.15, 0.2) is 9.52 Å². The lowest BCUT2D eigenvalue weighted by atomic mass is 9.87. The van der Waals surface area contributed by atoms with E-state index in [0.29, 0.717) is 23.0 Å². The summed E-state index contributed by atoms with van der Waals surface area (Å²) < 4.78 is 5.82. The molecule has 2 fully saturated rings. The van der Waals surface area contributed by atoms with Crippen LogP contribution in [0.1, 0.15) is 71.5 Å². The second kappa shape index (κ2) is 8.19. The van der Waals surface area contributed by atoms with Crippen LogP contribution in [0, 0.1) is 0 Å². The van der Waals surface area contributed by atoms with Gasteiger partial charge in [0.1, 0.15) is 6.54 Å². The molecule has 1 aromatic rings. The van der Waals surface area contributed by atoms with E-state index in [0.717, 1.165) is 25.6 Å². The average molecular weight is 380 g/mol. The summed E-state index contributed by atoms with van der Waals surface area (Å²) in [4.78, 5) is 11.8. The fourth-order valence-corrected chi connectivity index (χ4v) is 5.29. The maximum atomic E-state index is 5.39. The molecule has 3 rings (SSSR count). The molecular formula is C19H33N5OS. The molecule has 146 valence electrons. The van der Waals surface area contributed by atoms with Gasteiger partial charge in [-0.05, 0) is 19.8 Å². The van der Waals surface area contributed by atoms with E-state index in [4.69, 9.17) is 9.52 Å². The number of thioether (sulfide) groups is 1. The Balaban J connectivity index is 1.69. The lowest BCUT2D eigenvalue weighted by Crippen LogP contribution is -2.53. The SMILES string of the molecule is CCNC(=NCc1noc(C(C)(C)C)n1)N1CCSC2(CCCCC2)C1. The van der Waals surface area contributed by atoms with Gasteiger partial charge >= 0.3 is 0 Å². The van der Waals surface area contributed by atoms with Crippen LogP contribution in [0.25, 0.3) is 0 Å². The van der Waals surface area contributed by atoms with Gasteiger partial charge in [0, 0.05) is 35.5 Å². The molecule has 1 saturated heterocycles. The highest BCUT2D eigenvalue weighted by atomic mass is 32.2. The summed E-state index contributed by atoms with van der Waals surface area (Å²) in [5, 5.41) is 7.56. The predicted molar refractivity (Wildman–Crippen MR) is 108 cm³/mol. The highest BCUT2D eigenvalue weighted by Crippen LogP contribution is 2.42. The maximum absolute atomic E-state index is 5.39. The summed E-state index contributed by atoms with van der Waals surface area (Å²) in [5.74, 6) is 3.49. The van der Waals surface area contributed by atoms with Crippen LogP contribution in [0.3, 0.4) is 0 Å². The Morgan fingerprint density at radius 2 is 2.08 bits per heavy atom. The molecule has 1 spiro atoms. The van der Waals surface area contributed by atoms with Crippen LogP contribution in [0.2, 0.25) is 0 Å². The molecule has 1 N–H and O–H groups in total. The van der Waals surface area contributed by atoms with Crippen molar-refractivity contribution in [3.05, 3.63) is 11.7 Å². The van der Waals surface area contributed by atoms with Gasteiger partial charge in [-0.25, -0.2) is 4.99 Å². The standard InChI is InChI=1S/C19H33N5OS/c1-5-20-17(21-13-15-22-16(25-23-15)18(2,3)4)24-11-12-26-19(14-24)9-7-6-8-10-19/h5-14H2,1-4H3,(H,20,21). The zero-order valence-electron chi connectivity index (χ0n) is 16.7. The van der Waals surface area contributed by atoms with E-state index >= 15 is 0 Å². The van der Waals surface area contributed by atoms with E-state index in [1.54, 1.807) is 0 Å². The zero-order chi connectivity index (χ0) is 18.6. The third-order valence-electron chi connectivity index (χ3n) is 5.13. The predicted octanol–water partition coefficient (Wildman–Crippen LogP) is 3.58. The summed E-state index contributed by atoms with van der Waals surface area (Å²) in [6.45, 7) is 11.8. The molecule has 26 heavy (non-hydrogen) atoms. The van der Waals surface area contributed by atoms with Crippen LogP contribution in [0.5, 0.6) is 0 Å². The monoisotopic (exact) mass is 379 g/mol. The Hall–Kier alpha value is -1.24. The van der Waals surface area contributed by atoms with E-state index in [9.17, 15) is 0 Å². The molecule has 1 aliphatic heterocycles. The van der Waals surface area contributed by atoms with Crippen molar-refractivity contribution < 1.29 is 4.52 Å². The number of guanidine groups is 1. The molecule has 0 radical (unpaired) electrons. The van der Waals surface area contributed by atoms with Crippen molar-refractivity contribution in [2.45, 2.75) is 76.5 Å². The normalized spacial score (nSPS) is 21.2. The van der Waals surface area contributed by atoms with Crippen molar-refractivity contribution >= 4 is 17.7 Å². The van der Waals surface area contributed by atoms with Crippen molar-refractivity contribution in [2.24, 2.45) is 4.99 Å².